The molecule has 2 atom stereocenters. The Morgan fingerprint density at radius 2 is 2.09 bits per heavy atom. The highest BCUT2D eigenvalue weighted by Crippen LogP contribution is 2.23. The molecule has 1 saturated carbocycles. The molecular weight excluding hydrogens is 353 g/mol. The molecule has 22 heavy (non-hydrogen) atoms. The van der Waals surface area contributed by atoms with Crippen LogP contribution in [-0.4, -0.2) is 24.5 Å². The maximum atomic E-state index is 13.0. The fourth-order valence-corrected chi connectivity index (χ4v) is 3.16. The molecule has 0 bridgehead atoms. The van der Waals surface area contributed by atoms with Crippen molar-refractivity contribution in [1.82, 2.24) is 5.32 Å². The fraction of sp³-hybridized carbons (Fsp3) is 0.500. The molecule has 0 aromatic heterocycles. The lowest BCUT2D eigenvalue weighted by molar-refractivity contribution is -0.125. The van der Waals surface area contributed by atoms with E-state index in [0.717, 1.165) is 19.3 Å². The zero-order chi connectivity index (χ0) is 16.1. The summed E-state index contributed by atoms with van der Waals surface area (Å²) in [5, 5.41) is 2.91. The SMILES string of the molecule is CC1CCCCC1NC(=O)COC(=O)c1ccc(F)cc1Br. The number of carbonyl (C=O) groups is 2. The average molecular weight is 372 g/mol. The molecule has 2 rings (SSSR count). The molecule has 0 aliphatic heterocycles. The molecule has 1 aliphatic carbocycles. The van der Waals surface area contributed by atoms with Gasteiger partial charge >= 0.3 is 5.97 Å². The first-order chi connectivity index (χ1) is 10.5. The van der Waals surface area contributed by atoms with Crippen LogP contribution in [0.15, 0.2) is 22.7 Å². The van der Waals surface area contributed by atoms with Crippen LogP contribution < -0.4 is 5.32 Å². The van der Waals surface area contributed by atoms with E-state index < -0.39 is 11.8 Å². The summed E-state index contributed by atoms with van der Waals surface area (Å²) in [5.41, 5.74) is 0.195. The summed E-state index contributed by atoms with van der Waals surface area (Å²) in [6, 6.07) is 3.83. The summed E-state index contributed by atoms with van der Waals surface area (Å²) < 4.78 is 18.3. The van der Waals surface area contributed by atoms with Crippen molar-refractivity contribution >= 4 is 27.8 Å². The maximum Gasteiger partial charge on any atom is 0.339 e. The van der Waals surface area contributed by atoms with Gasteiger partial charge in [-0.05, 0) is 52.9 Å². The molecule has 120 valence electrons. The first-order valence-electron chi connectivity index (χ1n) is 7.39. The second-order valence-corrected chi connectivity index (χ2v) is 6.49. The lowest BCUT2D eigenvalue weighted by atomic mass is 9.86. The van der Waals surface area contributed by atoms with Crippen molar-refractivity contribution in [3.05, 3.63) is 34.1 Å². The maximum absolute atomic E-state index is 13.0. The highest BCUT2D eigenvalue weighted by molar-refractivity contribution is 9.10. The van der Waals surface area contributed by atoms with Gasteiger partial charge in [0, 0.05) is 10.5 Å². The van der Waals surface area contributed by atoms with Gasteiger partial charge in [0.15, 0.2) is 6.61 Å². The number of halogens is 2. The number of esters is 1. The van der Waals surface area contributed by atoms with E-state index in [9.17, 15) is 14.0 Å². The Balaban J connectivity index is 1.84. The molecule has 1 N–H and O–H groups in total. The number of hydrogen-bond donors (Lipinski definition) is 1. The molecule has 2 unspecified atom stereocenters. The molecule has 1 fully saturated rings. The quantitative estimate of drug-likeness (QED) is 0.824. The van der Waals surface area contributed by atoms with Crippen molar-refractivity contribution in [2.75, 3.05) is 6.61 Å². The highest BCUT2D eigenvalue weighted by Gasteiger charge is 2.23. The van der Waals surface area contributed by atoms with Gasteiger partial charge in [-0.2, -0.15) is 0 Å². The Kier molecular flexibility index (Phi) is 5.94. The summed E-state index contributed by atoms with van der Waals surface area (Å²) in [4.78, 5) is 23.8. The summed E-state index contributed by atoms with van der Waals surface area (Å²) in [7, 11) is 0. The minimum atomic E-state index is -0.654. The van der Waals surface area contributed by atoms with Gasteiger partial charge in [-0.15, -0.1) is 0 Å². The number of rotatable bonds is 4. The van der Waals surface area contributed by atoms with Crippen LogP contribution in [-0.2, 0) is 9.53 Å². The molecule has 6 heteroatoms. The molecule has 0 spiro atoms. The molecule has 1 aromatic carbocycles. The van der Waals surface area contributed by atoms with E-state index in [-0.39, 0.29) is 24.1 Å². The third kappa shape index (κ3) is 4.53. The topological polar surface area (TPSA) is 55.4 Å². The number of nitrogens with one attached hydrogen (secondary N) is 1. The Morgan fingerprint density at radius 1 is 1.36 bits per heavy atom. The first-order valence-corrected chi connectivity index (χ1v) is 8.18. The van der Waals surface area contributed by atoms with Gasteiger partial charge in [0.05, 0.1) is 5.56 Å². The van der Waals surface area contributed by atoms with Crippen LogP contribution >= 0.6 is 15.9 Å². The number of amides is 1. The van der Waals surface area contributed by atoms with Crippen LogP contribution in [0.2, 0.25) is 0 Å². The normalized spacial score (nSPS) is 21.2. The van der Waals surface area contributed by atoms with Crippen molar-refractivity contribution in [3.63, 3.8) is 0 Å². The van der Waals surface area contributed by atoms with Crippen LogP contribution in [0, 0.1) is 11.7 Å². The predicted molar refractivity (Wildman–Crippen MR) is 83.9 cm³/mol. The zero-order valence-corrected chi connectivity index (χ0v) is 14.0. The van der Waals surface area contributed by atoms with Gasteiger partial charge in [-0.25, -0.2) is 9.18 Å². The standard InChI is InChI=1S/C16H19BrFNO3/c1-10-4-2-3-5-14(10)19-15(20)9-22-16(21)12-7-6-11(18)8-13(12)17/h6-8,10,14H,2-5,9H2,1H3,(H,19,20). The van der Waals surface area contributed by atoms with Crippen LogP contribution in [0.4, 0.5) is 4.39 Å². The van der Waals surface area contributed by atoms with Gasteiger partial charge in [-0.3, -0.25) is 4.79 Å². The predicted octanol–water partition coefficient (Wildman–Crippen LogP) is 3.44. The summed E-state index contributed by atoms with van der Waals surface area (Å²) in [6.45, 7) is 1.79. The van der Waals surface area contributed by atoms with Crippen molar-refractivity contribution < 1.29 is 18.7 Å². The van der Waals surface area contributed by atoms with Crippen LogP contribution in [0.5, 0.6) is 0 Å². The second kappa shape index (κ2) is 7.72. The van der Waals surface area contributed by atoms with Crippen molar-refractivity contribution in [2.45, 2.75) is 38.6 Å². The minimum Gasteiger partial charge on any atom is -0.452 e. The Morgan fingerprint density at radius 3 is 2.77 bits per heavy atom. The van der Waals surface area contributed by atoms with Gasteiger partial charge in [0.1, 0.15) is 5.82 Å². The second-order valence-electron chi connectivity index (χ2n) is 5.64. The van der Waals surface area contributed by atoms with E-state index in [2.05, 4.69) is 28.2 Å². The van der Waals surface area contributed by atoms with E-state index in [1.807, 2.05) is 0 Å². The number of ether oxygens (including phenoxy) is 1. The van der Waals surface area contributed by atoms with Gasteiger partial charge in [0.2, 0.25) is 0 Å². The molecule has 1 aromatic rings. The number of hydrogen-bond acceptors (Lipinski definition) is 3. The molecule has 1 aliphatic rings. The van der Waals surface area contributed by atoms with Crippen LogP contribution in [0.1, 0.15) is 43.0 Å². The Labute approximate surface area is 137 Å². The third-order valence-electron chi connectivity index (χ3n) is 3.94. The molecule has 4 nitrogen and oxygen atoms in total. The summed E-state index contributed by atoms with van der Waals surface area (Å²) in [5.74, 6) is -0.962. The number of carbonyl (C=O) groups excluding carboxylic acids is 2. The van der Waals surface area contributed by atoms with Crippen molar-refractivity contribution in [1.29, 1.82) is 0 Å². The third-order valence-corrected chi connectivity index (χ3v) is 4.60. The highest BCUT2D eigenvalue weighted by atomic mass is 79.9. The minimum absolute atomic E-state index is 0.150. The van der Waals surface area contributed by atoms with E-state index in [4.69, 9.17) is 4.74 Å². The van der Waals surface area contributed by atoms with Gasteiger partial charge < -0.3 is 10.1 Å². The molecule has 0 heterocycles. The van der Waals surface area contributed by atoms with Crippen LogP contribution in [0.3, 0.4) is 0 Å². The smallest absolute Gasteiger partial charge is 0.339 e. The number of benzene rings is 1. The van der Waals surface area contributed by atoms with Gasteiger partial charge in [-0.1, -0.05) is 19.8 Å². The van der Waals surface area contributed by atoms with Crippen molar-refractivity contribution in [2.24, 2.45) is 5.92 Å². The Bertz CT molecular complexity index is 564. The molecule has 0 radical (unpaired) electrons. The molecule has 1 amide bonds. The largest absolute Gasteiger partial charge is 0.452 e. The average Bonchev–Trinajstić information content (AvgIpc) is 2.47. The zero-order valence-electron chi connectivity index (χ0n) is 12.4. The lowest BCUT2D eigenvalue weighted by Gasteiger charge is -2.29. The lowest BCUT2D eigenvalue weighted by Crippen LogP contribution is -2.42. The first kappa shape index (κ1) is 16.9. The summed E-state index contributed by atoms with van der Waals surface area (Å²) >= 11 is 3.10. The van der Waals surface area contributed by atoms with Crippen molar-refractivity contribution in [3.8, 4) is 0 Å². The molecule has 0 saturated heterocycles. The van der Waals surface area contributed by atoms with E-state index in [0.29, 0.717) is 10.4 Å². The van der Waals surface area contributed by atoms with Gasteiger partial charge in [0.25, 0.3) is 5.91 Å². The summed E-state index contributed by atoms with van der Waals surface area (Å²) in [6.07, 6.45) is 4.37. The molecular formula is C16H19BrFNO3. The fourth-order valence-electron chi connectivity index (χ4n) is 2.64. The Hall–Kier alpha value is -1.43. The van der Waals surface area contributed by atoms with E-state index in [1.54, 1.807) is 0 Å². The van der Waals surface area contributed by atoms with E-state index >= 15 is 0 Å². The monoisotopic (exact) mass is 371 g/mol. The van der Waals surface area contributed by atoms with Crippen LogP contribution in [0.25, 0.3) is 0 Å². The van der Waals surface area contributed by atoms with E-state index in [1.165, 1.54) is 24.6 Å².